The minimum atomic E-state index is -0.454. The second-order valence-electron chi connectivity index (χ2n) is 4.14. The lowest BCUT2D eigenvalue weighted by Gasteiger charge is -2.20. The molecular weight excluding hydrogens is 168 g/mol. The molecule has 1 aliphatic rings. The summed E-state index contributed by atoms with van der Waals surface area (Å²) in [6.07, 6.45) is 2.92. The maximum Gasteiger partial charge on any atom is 0.146 e. The van der Waals surface area contributed by atoms with Crippen LogP contribution in [0.25, 0.3) is 0 Å². The lowest BCUT2D eigenvalue weighted by molar-refractivity contribution is -0.104. The summed E-state index contributed by atoms with van der Waals surface area (Å²) in [7, 11) is 1.63. The van der Waals surface area contributed by atoms with Crippen molar-refractivity contribution in [1.82, 2.24) is 0 Å². The van der Waals surface area contributed by atoms with Gasteiger partial charge >= 0.3 is 0 Å². The van der Waals surface area contributed by atoms with Gasteiger partial charge in [0.15, 0.2) is 0 Å². The van der Waals surface area contributed by atoms with E-state index in [1.807, 2.05) is 20.8 Å². The van der Waals surface area contributed by atoms with E-state index in [0.29, 0.717) is 5.76 Å². The van der Waals surface area contributed by atoms with E-state index in [1.54, 1.807) is 7.11 Å². The first-order valence-electron chi connectivity index (χ1n) is 4.34. The van der Waals surface area contributed by atoms with Gasteiger partial charge in [0.2, 0.25) is 0 Å². The highest BCUT2D eigenvalue weighted by molar-refractivity contribution is 5.66. The zero-order chi connectivity index (χ0) is 10.1. The van der Waals surface area contributed by atoms with E-state index in [1.165, 1.54) is 6.08 Å². The van der Waals surface area contributed by atoms with Crippen molar-refractivity contribution in [2.75, 3.05) is 7.11 Å². The number of methoxy groups -OCH3 is 1. The van der Waals surface area contributed by atoms with E-state index in [4.69, 9.17) is 9.47 Å². The molecule has 1 rings (SSSR count). The fourth-order valence-corrected chi connectivity index (χ4v) is 1.79. The molecule has 1 atom stereocenters. The van der Waals surface area contributed by atoms with Crippen LogP contribution >= 0.6 is 0 Å². The molecule has 1 saturated heterocycles. The van der Waals surface area contributed by atoms with Crippen molar-refractivity contribution in [2.45, 2.75) is 38.4 Å². The normalized spacial score (nSPS) is 34.6. The summed E-state index contributed by atoms with van der Waals surface area (Å²) in [6, 6.07) is 0. The molecule has 1 unspecified atom stereocenters. The molecule has 0 bridgehead atoms. The molecule has 0 aromatic heterocycles. The van der Waals surface area contributed by atoms with E-state index in [0.717, 1.165) is 12.7 Å². The third-order valence-electron chi connectivity index (χ3n) is 2.34. The first kappa shape index (κ1) is 10.3. The second kappa shape index (κ2) is 3.14. The molecule has 0 N–H and O–H groups in total. The highest BCUT2D eigenvalue weighted by atomic mass is 16.6. The van der Waals surface area contributed by atoms with Crippen LogP contribution in [0.1, 0.15) is 27.2 Å². The van der Waals surface area contributed by atoms with Crippen LogP contribution in [0.3, 0.4) is 0 Å². The zero-order valence-electron chi connectivity index (χ0n) is 8.59. The molecule has 0 amide bonds. The molecule has 0 spiro atoms. The van der Waals surface area contributed by atoms with Gasteiger partial charge in [0.25, 0.3) is 0 Å². The Morgan fingerprint density at radius 1 is 1.46 bits per heavy atom. The van der Waals surface area contributed by atoms with Crippen LogP contribution in [0.15, 0.2) is 11.8 Å². The third-order valence-corrected chi connectivity index (χ3v) is 2.34. The quantitative estimate of drug-likeness (QED) is 0.483. The van der Waals surface area contributed by atoms with E-state index < -0.39 is 5.60 Å². The molecule has 1 heterocycles. The predicted octanol–water partition coefficient (Wildman–Crippen LogP) is 1.67. The molecule has 0 radical (unpaired) electrons. The SMILES string of the molecule is COC1(C)CC(C)(C)O/C1=C\C=O. The molecule has 1 aliphatic heterocycles. The molecule has 0 saturated carbocycles. The lowest BCUT2D eigenvalue weighted by Crippen LogP contribution is -2.28. The Kier molecular flexibility index (Phi) is 2.48. The Balaban J connectivity index is 2.96. The minimum absolute atomic E-state index is 0.250. The molecule has 0 aromatic rings. The number of ether oxygens (including phenoxy) is 2. The zero-order valence-corrected chi connectivity index (χ0v) is 8.59. The number of hydrogen-bond acceptors (Lipinski definition) is 3. The van der Waals surface area contributed by atoms with Gasteiger partial charge in [-0.1, -0.05) is 0 Å². The van der Waals surface area contributed by atoms with Crippen molar-refractivity contribution in [2.24, 2.45) is 0 Å². The maximum atomic E-state index is 10.4. The maximum absolute atomic E-state index is 10.4. The fraction of sp³-hybridized carbons (Fsp3) is 0.700. The smallest absolute Gasteiger partial charge is 0.146 e. The molecule has 0 aliphatic carbocycles. The third kappa shape index (κ3) is 1.91. The van der Waals surface area contributed by atoms with Crippen LogP contribution in [0.2, 0.25) is 0 Å². The van der Waals surface area contributed by atoms with Crippen molar-refractivity contribution in [3.05, 3.63) is 11.8 Å². The van der Waals surface area contributed by atoms with Crippen LogP contribution in [-0.4, -0.2) is 24.6 Å². The van der Waals surface area contributed by atoms with Gasteiger partial charge < -0.3 is 9.47 Å². The van der Waals surface area contributed by atoms with E-state index >= 15 is 0 Å². The molecule has 13 heavy (non-hydrogen) atoms. The lowest BCUT2D eigenvalue weighted by atomic mass is 9.93. The summed E-state index contributed by atoms with van der Waals surface area (Å²) >= 11 is 0. The molecule has 1 fully saturated rings. The Bertz CT molecular complexity index is 243. The summed E-state index contributed by atoms with van der Waals surface area (Å²) in [6.45, 7) is 5.89. The van der Waals surface area contributed by atoms with Gasteiger partial charge in [0.1, 0.15) is 23.2 Å². The van der Waals surface area contributed by atoms with Gasteiger partial charge in [-0.3, -0.25) is 4.79 Å². The van der Waals surface area contributed by atoms with E-state index in [2.05, 4.69) is 0 Å². The summed E-state index contributed by atoms with van der Waals surface area (Å²) in [5.74, 6) is 0.620. The number of rotatable bonds is 2. The van der Waals surface area contributed by atoms with Gasteiger partial charge in [-0.2, -0.15) is 0 Å². The Morgan fingerprint density at radius 2 is 2.08 bits per heavy atom. The average molecular weight is 184 g/mol. The highest BCUT2D eigenvalue weighted by Gasteiger charge is 2.46. The average Bonchev–Trinajstić information content (AvgIpc) is 2.24. The van der Waals surface area contributed by atoms with Gasteiger partial charge in [-0.05, 0) is 20.8 Å². The van der Waals surface area contributed by atoms with Crippen LogP contribution in [-0.2, 0) is 14.3 Å². The molecule has 3 heteroatoms. The van der Waals surface area contributed by atoms with E-state index in [9.17, 15) is 4.79 Å². The van der Waals surface area contributed by atoms with Crippen molar-refractivity contribution < 1.29 is 14.3 Å². The number of allylic oxidation sites excluding steroid dienone is 1. The van der Waals surface area contributed by atoms with Crippen molar-refractivity contribution in [1.29, 1.82) is 0 Å². The fourth-order valence-electron chi connectivity index (χ4n) is 1.79. The van der Waals surface area contributed by atoms with Gasteiger partial charge in [-0.15, -0.1) is 0 Å². The summed E-state index contributed by atoms with van der Waals surface area (Å²) in [4.78, 5) is 10.4. The summed E-state index contributed by atoms with van der Waals surface area (Å²) < 4.78 is 10.9. The van der Waals surface area contributed by atoms with Crippen molar-refractivity contribution in [3.63, 3.8) is 0 Å². The van der Waals surface area contributed by atoms with Gasteiger partial charge in [0.05, 0.1) is 0 Å². The van der Waals surface area contributed by atoms with Gasteiger partial charge in [0, 0.05) is 19.6 Å². The first-order chi connectivity index (χ1) is 5.93. The number of hydrogen-bond donors (Lipinski definition) is 0. The molecule has 0 aromatic carbocycles. The molecule has 3 nitrogen and oxygen atoms in total. The number of aldehydes is 1. The van der Waals surface area contributed by atoms with Gasteiger partial charge in [-0.25, -0.2) is 0 Å². The van der Waals surface area contributed by atoms with Crippen LogP contribution in [0.4, 0.5) is 0 Å². The van der Waals surface area contributed by atoms with Crippen LogP contribution in [0.5, 0.6) is 0 Å². The monoisotopic (exact) mass is 184 g/mol. The van der Waals surface area contributed by atoms with Crippen molar-refractivity contribution in [3.8, 4) is 0 Å². The summed E-state index contributed by atoms with van der Waals surface area (Å²) in [5.41, 5.74) is -0.704. The Morgan fingerprint density at radius 3 is 2.54 bits per heavy atom. The largest absolute Gasteiger partial charge is 0.489 e. The predicted molar refractivity (Wildman–Crippen MR) is 49.3 cm³/mol. The van der Waals surface area contributed by atoms with Crippen LogP contribution < -0.4 is 0 Å². The standard InChI is InChI=1S/C10H16O3/c1-9(2)7-10(3,12-4)8(13-9)5-6-11/h5-6H,7H2,1-4H3/b8-5-. The topological polar surface area (TPSA) is 35.5 Å². The Hall–Kier alpha value is -0.830. The van der Waals surface area contributed by atoms with Crippen LogP contribution in [0, 0.1) is 0 Å². The summed E-state index contributed by atoms with van der Waals surface area (Å²) in [5, 5.41) is 0. The van der Waals surface area contributed by atoms with Crippen molar-refractivity contribution >= 4 is 6.29 Å². The first-order valence-corrected chi connectivity index (χ1v) is 4.34. The highest BCUT2D eigenvalue weighted by Crippen LogP contribution is 2.42. The molecular formula is C10H16O3. The molecule has 74 valence electrons. The van der Waals surface area contributed by atoms with E-state index in [-0.39, 0.29) is 5.60 Å². The second-order valence-corrected chi connectivity index (χ2v) is 4.14. The Labute approximate surface area is 78.7 Å². The number of carbonyl (C=O) groups is 1. The number of carbonyl (C=O) groups excluding carboxylic acids is 1. The minimum Gasteiger partial charge on any atom is -0.489 e.